The van der Waals surface area contributed by atoms with E-state index < -0.39 is 0 Å². The maximum atomic E-state index is 12.1. The second kappa shape index (κ2) is 4.91. The minimum absolute atomic E-state index is 0.143. The summed E-state index contributed by atoms with van der Waals surface area (Å²) in [5.41, 5.74) is 4.21. The maximum absolute atomic E-state index is 12.1. The van der Waals surface area contributed by atoms with Gasteiger partial charge in [0.1, 0.15) is 0 Å². The molecule has 0 aliphatic carbocycles. The highest BCUT2D eigenvalue weighted by Gasteiger charge is 2.10. The van der Waals surface area contributed by atoms with E-state index in [1.165, 1.54) is 11.1 Å². The van der Waals surface area contributed by atoms with E-state index in [1.807, 2.05) is 32.0 Å². The van der Waals surface area contributed by atoms with Crippen LogP contribution in [0.5, 0.6) is 0 Å². The van der Waals surface area contributed by atoms with Crippen molar-refractivity contribution in [1.29, 1.82) is 0 Å². The number of nitrogens with zero attached hydrogens (tertiary/aromatic N) is 1. The van der Waals surface area contributed by atoms with Gasteiger partial charge in [0.15, 0.2) is 5.78 Å². The monoisotopic (exact) mass is 225 g/mol. The number of Topliss-reactive ketones (excluding diaryl/α,β-unsaturated/α-hetero) is 1. The molecule has 1 aromatic heterocycles. The molecule has 86 valence electrons. The molecule has 2 heteroatoms. The number of rotatable bonds is 3. The van der Waals surface area contributed by atoms with Crippen molar-refractivity contribution in [2.45, 2.75) is 20.3 Å². The summed E-state index contributed by atoms with van der Waals surface area (Å²) >= 11 is 0. The topological polar surface area (TPSA) is 30.0 Å². The average molecular weight is 225 g/mol. The van der Waals surface area contributed by atoms with Crippen LogP contribution in [0.2, 0.25) is 0 Å². The molecular formula is C15H15NO. The van der Waals surface area contributed by atoms with Gasteiger partial charge in [-0.15, -0.1) is 0 Å². The molecule has 2 aromatic rings. The van der Waals surface area contributed by atoms with Crippen molar-refractivity contribution in [1.82, 2.24) is 4.98 Å². The van der Waals surface area contributed by atoms with E-state index in [-0.39, 0.29) is 5.78 Å². The minimum atomic E-state index is 0.143. The van der Waals surface area contributed by atoms with E-state index in [0.29, 0.717) is 6.42 Å². The van der Waals surface area contributed by atoms with Crippen LogP contribution in [0.25, 0.3) is 0 Å². The number of ketones is 1. The fourth-order valence-electron chi connectivity index (χ4n) is 1.93. The van der Waals surface area contributed by atoms with Gasteiger partial charge in [0.2, 0.25) is 0 Å². The SMILES string of the molecule is Cc1cccc(C)c1CC(=O)c1ccncc1. The molecule has 0 spiro atoms. The Morgan fingerprint density at radius 3 is 2.24 bits per heavy atom. The molecule has 0 bridgehead atoms. The zero-order chi connectivity index (χ0) is 12.3. The van der Waals surface area contributed by atoms with Crippen LogP contribution < -0.4 is 0 Å². The Bertz CT molecular complexity index is 512. The summed E-state index contributed by atoms with van der Waals surface area (Å²) in [6, 6.07) is 9.63. The van der Waals surface area contributed by atoms with E-state index in [9.17, 15) is 4.79 Å². The zero-order valence-corrected chi connectivity index (χ0v) is 10.1. The highest BCUT2D eigenvalue weighted by molar-refractivity contribution is 5.97. The number of carbonyl (C=O) groups is 1. The van der Waals surface area contributed by atoms with Gasteiger partial charge in [0, 0.05) is 24.4 Å². The van der Waals surface area contributed by atoms with Gasteiger partial charge in [-0.05, 0) is 42.7 Å². The Hall–Kier alpha value is -1.96. The first-order valence-electron chi connectivity index (χ1n) is 5.67. The second-order valence-corrected chi connectivity index (χ2v) is 4.21. The highest BCUT2D eigenvalue weighted by Crippen LogP contribution is 2.16. The number of aryl methyl sites for hydroxylation is 2. The molecule has 0 saturated carbocycles. The van der Waals surface area contributed by atoms with E-state index >= 15 is 0 Å². The third-order valence-corrected chi connectivity index (χ3v) is 2.98. The first-order chi connectivity index (χ1) is 8.18. The Balaban J connectivity index is 2.25. The summed E-state index contributed by atoms with van der Waals surface area (Å²) in [4.78, 5) is 16.0. The summed E-state index contributed by atoms with van der Waals surface area (Å²) in [7, 11) is 0. The lowest BCUT2D eigenvalue weighted by molar-refractivity contribution is 0.0992. The first-order valence-corrected chi connectivity index (χ1v) is 5.67. The smallest absolute Gasteiger partial charge is 0.167 e. The van der Waals surface area contributed by atoms with Gasteiger partial charge in [0.25, 0.3) is 0 Å². The van der Waals surface area contributed by atoms with Crippen LogP contribution >= 0.6 is 0 Å². The third kappa shape index (κ3) is 2.59. The molecule has 2 nitrogen and oxygen atoms in total. The van der Waals surface area contributed by atoms with Crippen LogP contribution in [0.15, 0.2) is 42.7 Å². The van der Waals surface area contributed by atoms with Gasteiger partial charge in [-0.1, -0.05) is 18.2 Å². The highest BCUT2D eigenvalue weighted by atomic mass is 16.1. The van der Waals surface area contributed by atoms with Crippen molar-refractivity contribution in [3.63, 3.8) is 0 Å². The molecule has 0 unspecified atom stereocenters. The molecule has 0 aliphatic heterocycles. The van der Waals surface area contributed by atoms with E-state index in [0.717, 1.165) is 11.1 Å². The summed E-state index contributed by atoms with van der Waals surface area (Å²) in [5, 5.41) is 0. The van der Waals surface area contributed by atoms with Gasteiger partial charge in [-0.3, -0.25) is 9.78 Å². The largest absolute Gasteiger partial charge is 0.294 e. The van der Waals surface area contributed by atoms with Gasteiger partial charge >= 0.3 is 0 Å². The zero-order valence-electron chi connectivity index (χ0n) is 10.1. The molecule has 1 heterocycles. The Morgan fingerprint density at radius 1 is 1.06 bits per heavy atom. The van der Waals surface area contributed by atoms with Crippen LogP contribution in [0.3, 0.4) is 0 Å². The van der Waals surface area contributed by atoms with Crippen LogP contribution in [0.1, 0.15) is 27.0 Å². The van der Waals surface area contributed by atoms with E-state index in [1.54, 1.807) is 24.5 Å². The molecule has 0 aliphatic rings. The molecular weight excluding hydrogens is 210 g/mol. The predicted molar refractivity (Wildman–Crippen MR) is 68.2 cm³/mol. The number of carbonyl (C=O) groups excluding carboxylic acids is 1. The van der Waals surface area contributed by atoms with Crippen LogP contribution in [-0.2, 0) is 6.42 Å². The molecule has 0 N–H and O–H groups in total. The van der Waals surface area contributed by atoms with Crippen molar-refractivity contribution in [3.05, 3.63) is 65.0 Å². The number of pyridine rings is 1. The molecule has 2 rings (SSSR count). The van der Waals surface area contributed by atoms with Crippen molar-refractivity contribution in [2.24, 2.45) is 0 Å². The Kier molecular flexibility index (Phi) is 3.33. The van der Waals surface area contributed by atoms with Gasteiger partial charge in [-0.25, -0.2) is 0 Å². The number of hydrogen-bond acceptors (Lipinski definition) is 2. The third-order valence-electron chi connectivity index (χ3n) is 2.98. The number of hydrogen-bond donors (Lipinski definition) is 0. The fraction of sp³-hybridized carbons (Fsp3) is 0.200. The molecule has 0 saturated heterocycles. The molecule has 0 fully saturated rings. The predicted octanol–water partition coefficient (Wildman–Crippen LogP) is 3.12. The van der Waals surface area contributed by atoms with Crippen molar-refractivity contribution < 1.29 is 4.79 Å². The average Bonchev–Trinajstić information content (AvgIpc) is 2.35. The van der Waals surface area contributed by atoms with Gasteiger partial charge in [-0.2, -0.15) is 0 Å². The van der Waals surface area contributed by atoms with Crippen LogP contribution in [-0.4, -0.2) is 10.8 Å². The lowest BCUT2D eigenvalue weighted by atomic mass is 9.96. The lowest BCUT2D eigenvalue weighted by Gasteiger charge is -2.08. The summed E-state index contributed by atoms with van der Waals surface area (Å²) < 4.78 is 0. The second-order valence-electron chi connectivity index (χ2n) is 4.21. The molecule has 0 radical (unpaired) electrons. The summed E-state index contributed by atoms with van der Waals surface area (Å²) in [6.07, 6.45) is 3.76. The van der Waals surface area contributed by atoms with Crippen molar-refractivity contribution in [2.75, 3.05) is 0 Å². The van der Waals surface area contributed by atoms with Gasteiger partial charge < -0.3 is 0 Å². The maximum Gasteiger partial charge on any atom is 0.167 e. The molecule has 0 atom stereocenters. The quantitative estimate of drug-likeness (QED) is 0.751. The molecule has 1 aromatic carbocycles. The number of benzene rings is 1. The molecule has 17 heavy (non-hydrogen) atoms. The molecule has 0 amide bonds. The Morgan fingerprint density at radius 2 is 1.65 bits per heavy atom. The minimum Gasteiger partial charge on any atom is -0.294 e. The van der Waals surface area contributed by atoms with E-state index in [4.69, 9.17) is 0 Å². The standard InChI is InChI=1S/C15H15NO/c1-11-4-3-5-12(2)14(11)10-15(17)13-6-8-16-9-7-13/h3-9H,10H2,1-2H3. The summed E-state index contributed by atoms with van der Waals surface area (Å²) in [5.74, 6) is 0.143. The first kappa shape index (κ1) is 11.5. The van der Waals surface area contributed by atoms with Crippen LogP contribution in [0, 0.1) is 13.8 Å². The van der Waals surface area contributed by atoms with E-state index in [2.05, 4.69) is 4.98 Å². The lowest BCUT2D eigenvalue weighted by Crippen LogP contribution is -2.06. The van der Waals surface area contributed by atoms with Crippen LogP contribution in [0.4, 0.5) is 0 Å². The van der Waals surface area contributed by atoms with Crippen molar-refractivity contribution in [3.8, 4) is 0 Å². The van der Waals surface area contributed by atoms with Crippen molar-refractivity contribution >= 4 is 5.78 Å². The fourth-order valence-corrected chi connectivity index (χ4v) is 1.93. The Labute approximate surface area is 101 Å². The number of aromatic nitrogens is 1. The summed E-state index contributed by atoms with van der Waals surface area (Å²) in [6.45, 7) is 4.09. The normalized spacial score (nSPS) is 10.2. The van der Waals surface area contributed by atoms with Gasteiger partial charge in [0.05, 0.1) is 0 Å².